The van der Waals surface area contributed by atoms with Crippen LogP contribution in [0.2, 0.25) is 0 Å². The van der Waals surface area contributed by atoms with E-state index in [2.05, 4.69) is 21.6 Å². The summed E-state index contributed by atoms with van der Waals surface area (Å²) >= 11 is 1.21. The van der Waals surface area contributed by atoms with Crippen molar-refractivity contribution >= 4 is 28.3 Å². The fraction of sp³-hybridized carbons (Fsp3) is 0.636. The third kappa shape index (κ3) is 2.73. The average Bonchev–Trinajstić information content (AvgIpc) is 2.87. The van der Waals surface area contributed by atoms with Gasteiger partial charge < -0.3 is 20.7 Å². The Morgan fingerprint density at radius 2 is 2.50 bits per heavy atom. The lowest BCUT2D eigenvalue weighted by Crippen LogP contribution is -2.24. The SMILES string of the molecule is CCOC(=O)c1c(N)nsc1NC1CCN(C)C1. The summed E-state index contributed by atoms with van der Waals surface area (Å²) in [6.07, 6.45) is 1.05. The van der Waals surface area contributed by atoms with E-state index in [1.165, 1.54) is 11.5 Å². The van der Waals surface area contributed by atoms with Crippen LogP contribution in [0.15, 0.2) is 0 Å². The summed E-state index contributed by atoms with van der Waals surface area (Å²) in [7, 11) is 2.08. The Hall–Kier alpha value is -1.34. The van der Waals surface area contributed by atoms with Crippen LogP contribution in [-0.2, 0) is 4.74 Å². The molecule has 18 heavy (non-hydrogen) atoms. The number of rotatable bonds is 4. The van der Waals surface area contributed by atoms with Crippen LogP contribution in [0.4, 0.5) is 10.8 Å². The lowest BCUT2D eigenvalue weighted by molar-refractivity contribution is 0.0529. The highest BCUT2D eigenvalue weighted by Gasteiger charge is 2.25. The zero-order chi connectivity index (χ0) is 13.1. The highest BCUT2D eigenvalue weighted by atomic mass is 32.1. The van der Waals surface area contributed by atoms with Crippen LogP contribution in [0.3, 0.4) is 0 Å². The monoisotopic (exact) mass is 270 g/mol. The number of hydrogen-bond donors (Lipinski definition) is 2. The molecule has 0 aliphatic carbocycles. The number of ether oxygens (including phenoxy) is 1. The van der Waals surface area contributed by atoms with Crippen LogP contribution in [0.1, 0.15) is 23.7 Å². The summed E-state index contributed by atoms with van der Waals surface area (Å²) in [6, 6.07) is 0.336. The van der Waals surface area contributed by atoms with Gasteiger partial charge >= 0.3 is 5.97 Å². The minimum atomic E-state index is -0.405. The molecule has 2 rings (SSSR count). The molecular weight excluding hydrogens is 252 g/mol. The molecule has 2 heterocycles. The Labute approximate surface area is 110 Å². The number of nitrogen functional groups attached to an aromatic ring is 1. The zero-order valence-corrected chi connectivity index (χ0v) is 11.4. The summed E-state index contributed by atoms with van der Waals surface area (Å²) in [6.45, 7) is 4.12. The van der Waals surface area contributed by atoms with Gasteiger partial charge in [0, 0.05) is 12.6 Å². The number of likely N-dealkylation sites (tertiary alicyclic amines) is 1. The van der Waals surface area contributed by atoms with Gasteiger partial charge in [-0.05, 0) is 38.5 Å². The maximum atomic E-state index is 11.8. The molecule has 1 unspecified atom stereocenters. The molecule has 0 bridgehead atoms. The summed E-state index contributed by atoms with van der Waals surface area (Å²) < 4.78 is 9.01. The Kier molecular flexibility index (Phi) is 4.03. The second-order valence-electron chi connectivity index (χ2n) is 4.38. The molecule has 1 aromatic rings. The molecule has 0 aromatic carbocycles. The Balaban J connectivity index is 2.11. The predicted octanol–water partition coefficient (Wildman–Crippen LogP) is 1.02. The minimum Gasteiger partial charge on any atom is -0.462 e. The van der Waals surface area contributed by atoms with E-state index in [9.17, 15) is 4.79 Å². The van der Waals surface area contributed by atoms with E-state index in [1.54, 1.807) is 6.92 Å². The second-order valence-corrected chi connectivity index (χ2v) is 5.16. The first kappa shape index (κ1) is 13.1. The highest BCUT2D eigenvalue weighted by molar-refractivity contribution is 7.11. The maximum Gasteiger partial charge on any atom is 0.344 e. The Morgan fingerprint density at radius 3 is 3.11 bits per heavy atom. The first-order valence-corrected chi connectivity index (χ1v) is 6.76. The molecule has 3 N–H and O–H groups in total. The molecule has 1 atom stereocenters. The largest absolute Gasteiger partial charge is 0.462 e. The van der Waals surface area contributed by atoms with E-state index in [1.807, 2.05) is 0 Å². The summed E-state index contributed by atoms with van der Waals surface area (Å²) in [5.41, 5.74) is 6.09. The predicted molar refractivity (Wildman–Crippen MR) is 72.0 cm³/mol. The van der Waals surface area contributed by atoms with Gasteiger partial charge in [0.15, 0.2) is 5.82 Å². The summed E-state index contributed by atoms with van der Waals surface area (Å²) in [5, 5.41) is 4.05. The van der Waals surface area contributed by atoms with Crippen molar-refractivity contribution < 1.29 is 9.53 Å². The summed E-state index contributed by atoms with van der Waals surface area (Å²) in [5.74, 6) is -0.162. The number of aromatic nitrogens is 1. The molecule has 100 valence electrons. The molecule has 0 radical (unpaired) electrons. The number of nitrogens with zero attached hydrogens (tertiary/aromatic N) is 2. The van der Waals surface area contributed by atoms with Gasteiger partial charge in [0.1, 0.15) is 10.6 Å². The third-order valence-electron chi connectivity index (χ3n) is 2.92. The van der Waals surface area contributed by atoms with Crippen molar-refractivity contribution in [2.45, 2.75) is 19.4 Å². The molecule has 0 amide bonds. The van der Waals surface area contributed by atoms with Gasteiger partial charge in [0.25, 0.3) is 0 Å². The molecule has 1 fully saturated rings. The number of nitrogens with two attached hydrogens (primary N) is 1. The van der Waals surface area contributed by atoms with Gasteiger partial charge in [-0.25, -0.2) is 4.79 Å². The van der Waals surface area contributed by atoms with Crippen molar-refractivity contribution in [1.29, 1.82) is 0 Å². The van der Waals surface area contributed by atoms with E-state index < -0.39 is 5.97 Å². The number of anilines is 2. The van der Waals surface area contributed by atoms with Crippen molar-refractivity contribution in [2.24, 2.45) is 0 Å². The van der Waals surface area contributed by atoms with Gasteiger partial charge in [-0.1, -0.05) is 0 Å². The van der Waals surface area contributed by atoms with Crippen molar-refractivity contribution in [3.05, 3.63) is 5.56 Å². The van der Waals surface area contributed by atoms with E-state index in [0.717, 1.165) is 19.5 Å². The minimum absolute atomic E-state index is 0.243. The molecule has 7 heteroatoms. The van der Waals surface area contributed by atoms with Crippen LogP contribution in [-0.4, -0.2) is 48.0 Å². The molecule has 1 aliphatic heterocycles. The van der Waals surface area contributed by atoms with Crippen LogP contribution >= 0.6 is 11.5 Å². The molecule has 1 saturated heterocycles. The third-order valence-corrected chi connectivity index (χ3v) is 3.72. The number of carbonyl (C=O) groups excluding carboxylic acids is 1. The first-order chi connectivity index (χ1) is 8.61. The van der Waals surface area contributed by atoms with Gasteiger partial charge in [0.05, 0.1) is 6.61 Å². The molecule has 1 aromatic heterocycles. The van der Waals surface area contributed by atoms with Crippen LogP contribution < -0.4 is 11.1 Å². The number of hydrogen-bond acceptors (Lipinski definition) is 7. The fourth-order valence-corrected chi connectivity index (χ4v) is 2.82. The lowest BCUT2D eigenvalue weighted by Gasteiger charge is -2.13. The smallest absolute Gasteiger partial charge is 0.344 e. The average molecular weight is 270 g/mol. The quantitative estimate of drug-likeness (QED) is 0.795. The lowest BCUT2D eigenvalue weighted by atomic mass is 10.2. The van der Waals surface area contributed by atoms with E-state index in [-0.39, 0.29) is 5.82 Å². The second kappa shape index (κ2) is 5.53. The van der Waals surface area contributed by atoms with Gasteiger partial charge in [-0.2, -0.15) is 4.37 Å². The van der Waals surface area contributed by atoms with Crippen LogP contribution in [0, 0.1) is 0 Å². The van der Waals surface area contributed by atoms with Crippen molar-refractivity contribution in [3.8, 4) is 0 Å². The molecule has 1 aliphatic rings. The summed E-state index contributed by atoms with van der Waals surface area (Å²) in [4.78, 5) is 14.0. The van der Waals surface area contributed by atoms with Crippen molar-refractivity contribution in [1.82, 2.24) is 9.27 Å². The normalized spacial score (nSPS) is 20.0. The van der Waals surface area contributed by atoms with Gasteiger partial charge in [-0.15, -0.1) is 0 Å². The van der Waals surface area contributed by atoms with Crippen molar-refractivity contribution in [2.75, 3.05) is 37.8 Å². The standard InChI is InChI=1S/C11H18N4O2S/c1-3-17-11(16)8-9(12)14-18-10(8)13-7-4-5-15(2)6-7/h7,13H,3-6H2,1-2H3,(H2,12,14). The molecule has 0 saturated carbocycles. The highest BCUT2D eigenvalue weighted by Crippen LogP contribution is 2.29. The molecule has 0 spiro atoms. The van der Waals surface area contributed by atoms with E-state index >= 15 is 0 Å². The number of esters is 1. The fourth-order valence-electron chi connectivity index (χ4n) is 2.04. The number of likely N-dealkylation sites (N-methyl/N-ethyl adjacent to an activating group) is 1. The van der Waals surface area contributed by atoms with Crippen LogP contribution in [0.25, 0.3) is 0 Å². The van der Waals surface area contributed by atoms with Gasteiger partial charge in [0.2, 0.25) is 0 Å². The van der Waals surface area contributed by atoms with Gasteiger partial charge in [-0.3, -0.25) is 0 Å². The Morgan fingerprint density at radius 1 is 1.72 bits per heavy atom. The number of carbonyl (C=O) groups is 1. The number of nitrogens with one attached hydrogen (secondary N) is 1. The van der Waals surface area contributed by atoms with E-state index in [0.29, 0.717) is 23.2 Å². The topological polar surface area (TPSA) is 80.5 Å². The van der Waals surface area contributed by atoms with Crippen molar-refractivity contribution in [3.63, 3.8) is 0 Å². The first-order valence-electron chi connectivity index (χ1n) is 5.99. The van der Waals surface area contributed by atoms with Crippen LogP contribution in [0.5, 0.6) is 0 Å². The molecule has 6 nitrogen and oxygen atoms in total. The Bertz CT molecular complexity index is 435. The molecular formula is C11H18N4O2S. The zero-order valence-electron chi connectivity index (χ0n) is 10.6. The maximum absolute atomic E-state index is 11.8. The van der Waals surface area contributed by atoms with E-state index in [4.69, 9.17) is 10.5 Å².